The summed E-state index contributed by atoms with van der Waals surface area (Å²) >= 11 is 7.15. The average molecular weight is 586 g/mol. The normalized spacial score (nSPS) is 11.0. The Balaban J connectivity index is 1.93. The Hall–Kier alpha value is -2.06. The standard InChI is InChI=1S/C25H30Br2O6/c1-3-13-30-23(28)19-5-9-21(10-6-19)32-17-25(15-26,16-27)18-33-22-11-7-20(8-12-22)24(29)31-14-4-2/h5-12H,3-4,13-18H2,1-2H3. The molecule has 0 aliphatic rings. The molecular formula is C25H30Br2O6. The Bertz CT molecular complexity index is 794. The highest BCUT2D eigenvalue weighted by molar-refractivity contribution is 9.09. The summed E-state index contributed by atoms with van der Waals surface area (Å²) in [5.41, 5.74) is 0.652. The van der Waals surface area contributed by atoms with Gasteiger partial charge in [0, 0.05) is 10.7 Å². The fourth-order valence-corrected chi connectivity index (χ4v) is 4.21. The first kappa shape index (κ1) is 27.2. The molecule has 6 nitrogen and oxygen atoms in total. The number of hydrogen-bond donors (Lipinski definition) is 0. The number of hydrogen-bond acceptors (Lipinski definition) is 6. The van der Waals surface area contributed by atoms with Crippen molar-refractivity contribution in [1.29, 1.82) is 0 Å². The molecule has 0 spiro atoms. The second-order valence-corrected chi connectivity index (χ2v) is 8.79. The van der Waals surface area contributed by atoms with Crippen LogP contribution in [0.2, 0.25) is 0 Å². The number of esters is 2. The van der Waals surface area contributed by atoms with Crippen molar-refractivity contribution in [1.82, 2.24) is 0 Å². The lowest BCUT2D eigenvalue weighted by atomic mass is 9.96. The molecule has 0 unspecified atom stereocenters. The quantitative estimate of drug-likeness (QED) is 0.198. The van der Waals surface area contributed by atoms with Crippen molar-refractivity contribution in [3.63, 3.8) is 0 Å². The number of carbonyl (C=O) groups is 2. The van der Waals surface area contributed by atoms with Gasteiger partial charge in [0.1, 0.15) is 11.5 Å². The zero-order chi connectivity index (χ0) is 24.1. The zero-order valence-electron chi connectivity index (χ0n) is 19.0. The minimum atomic E-state index is -0.336. The molecule has 0 amide bonds. The van der Waals surface area contributed by atoms with Crippen molar-refractivity contribution in [2.45, 2.75) is 26.7 Å². The predicted molar refractivity (Wildman–Crippen MR) is 135 cm³/mol. The van der Waals surface area contributed by atoms with Crippen LogP contribution in [0.25, 0.3) is 0 Å². The lowest BCUT2D eigenvalue weighted by Gasteiger charge is -2.29. The predicted octanol–water partition coefficient (Wildman–Crippen LogP) is 6.05. The molecule has 0 aliphatic carbocycles. The minimum Gasteiger partial charge on any atom is -0.493 e. The molecule has 2 rings (SSSR count). The smallest absolute Gasteiger partial charge is 0.338 e. The average Bonchev–Trinajstić information content (AvgIpc) is 2.87. The molecular weight excluding hydrogens is 556 g/mol. The van der Waals surface area contributed by atoms with Gasteiger partial charge in [-0.15, -0.1) is 0 Å². The summed E-state index contributed by atoms with van der Waals surface area (Å²) < 4.78 is 22.3. The summed E-state index contributed by atoms with van der Waals surface area (Å²) in [6.45, 7) is 5.50. The molecule has 0 bridgehead atoms. The van der Waals surface area contributed by atoms with Gasteiger partial charge in [0.15, 0.2) is 0 Å². The number of alkyl halides is 2. The van der Waals surface area contributed by atoms with E-state index in [2.05, 4.69) is 31.9 Å². The van der Waals surface area contributed by atoms with Gasteiger partial charge < -0.3 is 18.9 Å². The van der Waals surface area contributed by atoms with Gasteiger partial charge in [0.2, 0.25) is 0 Å². The Morgan fingerprint density at radius 1 is 0.697 bits per heavy atom. The van der Waals surface area contributed by atoms with E-state index < -0.39 is 0 Å². The molecule has 0 aromatic heterocycles. The topological polar surface area (TPSA) is 71.1 Å². The van der Waals surface area contributed by atoms with Gasteiger partial charge in [-0.2, -0.15) is 0 Å². The van der Waals surface area contributed by atoms with Crippen LogP contribution < -0.4 is 9.47 Å². The molecule has 2 aromatic carbocycles. The minimum absolute atomic E-state index is 0.336. The Morgan fingerprint density at radius 3 is 1.36 bits per heavy atom. The number of carbonyl (C=O) groups excluding carboxylic acids is 2. The van der Waals surface area contributed by atoms with E-state index in [4.69, 9.17) is 18.9 Å². The Kier molecular flexibility index (Phi) is 11.7. The fourth-order valence-electron chi connectivity index (χ4n) is 2.64. The van der Waals surface area contributed by atoms with Crippen molar-refractivity contribution in [2.24, 2.45) is 5.41 Å². The Labute approximate surface area is 212 Å². The summed E-state index contributed by atoms with van der Waals surface area (Å²) in [6, 6.07) is 13.8. The van der Waals surface area contributed by atoms with Crippen LogP contribution >= 0.6 is 31.9 Å². The fraction of sp³-hybridized carbons (Fsp3) is 0.440. The molecule has 33 heavy (non-hydrogen) atoms. The van der Waals surface area contributed by atoms with Gasteiger partial charge in [0.25, 0.3) is 0 Å². The van der Waals surface area contributed by atoms with Crippen LogP contribution in [0.3, 0.4) is 0 Å². The lowest BCUT2D eigenvalue weighted by Crippen LogP contribution is -2.38. The summed E-state index contributed by atoms with van der Waals surface area (Å²) in [6.07, 6.45) is 1.57. The van der Waals surface area contributed by atoms with Gasteiger partial charge in [-0.3, -0.25) is 0 Å². The van der Waals surface area contributed by atoms with Crippen LogP contribution in [0.1, 0.15) is 47.4 Å². The highest BCUT2D eigenvalue weighted by Crippen LogP contribution is 2.27. The molecule has 2 aromatic rings. The third kappa shape index (κ3) is 8.66. The number of ether oxygens (including phenoxy) is 4. The molecule has 0 saturated carbocycles. The SMILES string of the molecule is CCCOC(=O)c1ccc(OCC(CBr)(CBr)COc2ccc(C(=O)OCCC)cc2)cc1. The third-order valence-corrected chi connectivity index (χ3v) is 7.09. The van der Waals surface area contributed by atoms with E-state index >= 15 is 0 Å². The van der Waals surface area contributed by atoms with E-state index in [1.165, 1.54) is 0 Å². The molecule has 0 atom stereocenters. The zero-order valence-corrected chi connectivity index (χ0v) is 22.2. The monoisotopic (exact) mass is 584 g/mol. The van der Waals surface area contributed by atoms with Crippen molar-refractivity contribution in [2.75, 3.05) is 37.1 Å². The Morgan fingerprint density at radius 2 is 1.06 bits per heavy atom. The van der Waals surface area contributed by atoms with Gasteiger partial charge in [-0.1, -0.05) is 45.7 Å². The summed E-state index contributed by atoms with van der Waals surface area (Å²) in [5, 5.41) is 1.29. The van der Waals surface area contributed by atoms with Crippen LogP contribution in [0.5, 0.6) is 11.5 Å². The second-order valence-electron chi connectivity index (χ2n) is 7.67. The largest absolute Gasteiger partial charge is 0.493 e. The van der Waals surface area contributed by atoms with Crippen molar-refractivity contribution >= 4 is 43.8 Å². The second kappa shape index (κ2) is 14.3. The molecule has 0 saturated heterocycles. The molecule has 0 N–H and O–H groups in total. The van der Waals surface area contributed by atoms with Crippen molar-refractivity contribution in [3.05, 3.63) is 59.7 Å². The van der Waals surface area contributed by atoms with Crippen molar-refractivity contribution < 1.29 is 28.5 Å². The highest BCUT2D eigenvalue weighted by Gasteiger charge is 2.30. The number of halogens is 2. The first-order valence-electron chi connectivity index (χ1n) is 10.9. The van der Waals surface area contributed by atoms with Gasteiger partial charge in [-0.05, 0) is 61.4 Å². The molecule has 0 aliphatic heterocycles. The lowest BCUT2D eigenvalue weighted by molar-refractivity contribution is 0.0496. The van der Waals surface area contributed by atoms with Gasteiger partial charge in [0.05, 0.1) is 43.0 Å². The van der Waals surface area contributed by atoms with Crippen LogP contribution in [0.15, 0.2) is 48.5 Å². The highest BCUT2D eigenvalue weighted by atomic mass is 79.9. The summed E-state index contributed by atoms with van der Waals surface area (Å²) in [7, 11) is 0. The van der Waals surface area contributed by atoms with Crippen LogP contribution in [-0.2, 0) is 9.47 Å². The van der Waals surface area contributed by atoms with Gasteiger partial charge in [-0.25, -0.2) is 9.59 Å². The molecule has 8 heteroatoms. The summed E-state index contributed by atoms with van der Waals surface area (Å²) in [4.78, 5) is 23.9. The van der Waals surface area contributed by atoms with E-state index in [1.54, 1.807) is 48.5 Å². The summed E-state index contributed by atoms with van der Waals surface area (Å²) in [5.74, 6) is 0.639. The maximum Gasteiger partial charge on any atom is 0.338 e. The van der Waals surface area contributed by atoms with E-state index in [0.717, 1.165) is 12.8 Å². The first-order valence-corrected chi connectivity index (χ1v) is 13.1. The van der Waals surface area contributed by atoms with Crippen LogP contribution in [0, 0.1) is 5.41 Å². The van der Waals surface area contributed by atoms with E-state index in [1.807, 2.05) is 13.8 Å². The molecule has 0 heterocycles. The maximum absolute atomic E-state index is 11.9. The van der Waals surface area contributed by atoms with E-state index in [-0.39, 0.29) is 17.4 Å². The molecule has 180 valence electrons. The van der Waals surface area contributed by atoms with Crippen LogP contribution in [0.4, 0.5) is 0 Å². The molecule has 0 fully saturated rings. The molecule has 0 radical (unpaired) electrons. The number of rotatable bonds is 14. The van der Waals surface area contributed by atoms with Crippen LogP contribution in [-0.4, -0.2) is 49.0 Å². The van der Waals surface area contributed by atoms with Crippen molar-refractivity contribution in [3.8, 4) is 11.5 Å². The van der Waals surface area contributed by atoms with Gasteiger partial charge >= 0.3 is 11.9 Å². The number of benzene rings is 2. The van der Waals surface area contributed by atoms with E-state index in [9.17, 15) is 9.59 Å². The maximum atomic E-state index is 11.9. The first-order chi connectivity index (χ1) is 16.0. The third-order valence-electron chi connectivity index (χ3n) is 4.71. The van der Waals surface area contributed by atoms with E-state index in [0.29, 0.717) is 59.7 Å².